The summed E-state index contributed by atoms with van der Waals surface area (Å²) in [5.41, 5.74) is 0.956. The zero-order valence-electron chi connectivity index (χ0n) is 12.0. The Hall–Kier alpha value is -3.03. The van der Waals surface area contributed by atoms with Gasteiger partial charge in [0.2, 0.25) is 0 Å². The number of halogens is 3. The summed E-state index contributed by atoms with van der Waals surface area (Å²) in [4.78, 5) is 23.3. The number of amides is 2. The molecular weight excluding hydrogens is 327 g/mol. The summed E-state index contributed by atoms with van der Waals surface area (Å²) in [5, 5.41) is 2.17. The van der Waals surface area contributed by atoms with Crippen LogP contribution in [-0.2, 0) is 6.61 Å². The molecule has 0 spiro atoms. The third-order valence-corrected chi connectivity index (χ3v) is 3.28. The second-order valence-electron chi connectivity index (χ2n) is 4.94. The maximum absolute atomic E-state index is 12.1. The van der Waals surface area contributed by atoms with E-state index in [4.69, 9.17) is 4.74 Å². The predicted octanol–water partition coefficient (Wildman–Crippen LogP) is 3.05. The van der Waals surface area contributed by atoms with Crippen LogP contribution in [0.15, 0.2) is 42.5 Å². The van der Waals surface area contributed by atoms with Crippen molar-refractivity contribution in [1.82, 2.24) is 5.32 Å². The summed E-state index contributed by atoms with van der Waals surface area (Å²) in [6.07, 6.45) is -4.75. The van der Waals surface area contributed by atoms with E-state index in [0.29, 0.717) is 5.56 Å². The van der Waals surface area contributed by atoms with Crippen molar-refractivity contribution in [2.45, 2.75) is 13.0 Å². The van der Waals surface area contributed by atoms with Gasteiger partial charge in [-0.05, 0) is 29.8 Å². The molecular formula is C16H10F3NO4. The molecule has 0 fully saturated rings. The summed E-state index contributed by atoms with van der Waals surface area (Å²) < 4.78 is 45.6. The van der Waals surface area contributed by atoms with E-state index in [-0.39, 0.29) is 29.2 Å². The number of carbonyl (C=O) groups excluding carboxylic acids is 2. The van der Waals surface area contributed by atoms with Gasteiger partial charge in [0.05, 0.1) is 11.1 Å². The first-order chi connectivity index (χ1) is 11.3. The Morgan fingerprint density at radius 3 is 2.33 bits per heavy atom. The highest BCUT2D eigenvalue weighted by molar-refractivity contribution is 6.22. The van der Waals surface area contributed by atoms with Gasteiger partial charge in [0.25, 0.3) is 11.8 Å². The Morgan fingerprint density at radius 1 is 0.958 bits per heavy atom. The van der Waals surface area contributed by atoms with Crippen molar-refractivity contribution < 1.29 is 32.2 Å². The van der Waals surface area contributed by atoms with Crippen LogP contribution >= 0.6 is 0 Å². The first kappa shape index (κ1) is 15.9. The Labute approximate surface area is 134 Å². The molecule has 0 atom stereocenters. The first-order valence-electron chi connectivity index (χ1n) is 6.80. The molecule has 0 radical (unpaired) electrons. The van der Waals surface area contributed by atoms with E-state index in [1.807, 2.05) is 0 Å². The summed E-state index contributed by atoms with van der Waals surface area (Å²) >= 11 is 0. The Balaban J connectivity index is 1.71. The predicted molar refractivity (Wildman–Crippen MR) is 75.7 cm³/mol. The van der Waals surface area contributed by atoms with Crippen LogP contribution < -0.4 is 14.8 Å². The number of carbonyl (C=O) groups is 2. The van der Waals surface area contributed by atoms with Crippen molar-refractivity contribution in [3.63, 3.8) is 0 Å². The van der Waals surface area contributed by atoms with E-state index in [2.05, 4.69) is 10.1 Å². The lowest BCUT2D eigenvalue weighted by atomic mass is 10.1. The third-order valence-electron chi connectivity index (χ3n) is 3.28. The van der Waals surface area contributed by atoms with Crippen molar-refractivity contribution in [1.29, 1.82) is 0 Å². The number of hydrogen-bond donors (Lipinski definition) is 1. The molecule has 124 valence electrons. The Morgan fingerprint density at radius 2 is 1.67 bits per heavy atom. The summed E-state index contributed by atoms with van der Waals surface area (Å²) in [6, 6.07) is 9.77. The molecule has 1 N–H and O–H groups in total. The van der Waals surface area contributed by atoms with Gasteiger partial charge in [-0.25, -0.2) is 0 Å². The molecule has 0 saturated heterocycles. The smallest absolute Gasteiger partial charge is 0.488 e. The van der Waals surface area contributed by atoms with E-state index in [1.54, 1.807) is 6.07 Å². The zero-order chi connectivity index (χ0) is 17.3. The van der Waals surface area contributed by atoms with Crippen molar-refractivity contribution in [2.24, 2.45) is 0 Å². The zero-order valence-corrected chi connectivity index (χ0v) is 12.0. The molecule has 2 aromatic rings. The molecule has 2 aromatic carbocycles. The van der Waals surface area contributed by atoms with E-state index in [1.165, 1.54) is 24.3 Å². The fourth-order valence-electron chi connectivity index (χ4n) is 2.26. The summed E-state index contributed by atoms with van der Waals surface area (Å²) in [7, 11) is 0. The number of fused-ring (bicyclic) bond motifs is 1. The lowest BCUT2D eigenvalue weighted by molar-refractivity contribution is -0.274. The van der Waals surface area contributed by atoms with Gasteiger partial charge in [0.15, 0.2) is 0 Å². The van der Waals surface area contributed by atoms with Crippen LogP contribution in [-0.4, -0.2) is 18.2 Å². The molecule has 0 saturated carbocycles. The standard InChI is InChI=1S/C16H10F3NO4/c17-16(18,19)24-10-6-4-9(5-7-10)8-23-12-3-1-2-11-13(12)15(22)20-14(11)21/h1-7H,8H2,(H,20,21,22). The van der Waals surface area contributed by atoms with Crippen LogP contribution in [0.1, 0.15) is 26.3 Å². The SMILES string of the molecule is O=C1NC(=O)c2c(OCc3ccc(OC(F)(F)F)cc3)cccc21. The minimum atomic E-state index is -4.75. The van der Waals surface area contributed by atoms with Gasteiger partial charge in [-0.1, -0.05) is 18.2 Å². The number of imide groups is 1. The van der Waals surface area contributed by atoms with Crippen LogP contribution in [0.2, 0.25) is 0 Å². The van der Waals surface area contributed by atoms with Gasteiger partial charge in [0, 0.05) is 0 Å². The van der Waals surface area contributed by atoms with Gasteiger partial charge in [0.1, 0.15) is 18.1 Å². The maximum atomic E-state index is 12.1. The van der Waals surface area contributed by atoms with Crippen molar-refractivity contribution in [3.8, 4) is 11.5 Å². The molecule has 1 aliphatic heterocycles. The molecule has 0 bridgehead atoms. The molecule has 0 aliphatic carbocycles. The average Bonchev–Trinajstić information content (AvgIpc) is 2.81. The second-order valence-corrected chi connectivity index (χ2v) is 4.94. The number of benzene rings is 2. The molecule has 1 aliphatic rings. The largest absolute Gasteiger partial charge is 0.573 e. The van der Waals surface area contributed by atoms with Crippen molar-refractivity contribution in [2.75, 3.05) is 0 Å². The second kappa shape index (κ2) is 5.88. The molecule has 5 nitrogen and oxygen atoms in total. The quantitative estimate of drug-likeness (QED) is 0.871. The van der Waals surface area contributed by atoms with E-state index in [0.717, 1.165) is 12.1 Å². The lowest BCUT2D eigenvalue weighted by Crippen LogP contribution is -2.20. The third kappa shape index (κ3) is 3.32. The number of hydrogen-bond acceptors (Lipinski definition) is 4. The molecule has 0 aromatic heterocycles. The van der Waals surface area contributed by atoms with Gasteiger partial charge < -0.3 is 9.47 Å². The van der Waals surface area contributed by atoms with Gasteiger partial charge in [-0.15, -0.1) is 13.2 Å². The van der Waals surface area contributed by atoms with Crippen molar-refractivity contribution in [3.05, 3.63) is 59.2 Å². The van der Waals surface area contributed by atoms with E-state index >= 15 is 0 Å². The molecule has 24 heavy (non-hydrogen) atoms. The topological polar surface area (TPSA) is 64.6 Å². The lowest BCUT2D eigenvalue weighted by Gasteiger charge is -2.11. The fraction of sp³-hybridized carbons (Fsp3) is 0.125. The number of nitrogens with one attached hydrogen (secondary N) is 1. The van der Waals surface area contributed by atoms with Crippen LogP contribution in [0.25, 0.3) is 0 Å². The average molecular weight is 337 g/mol. The Kier molecular flexibility index (Phi) is 3.88. The van der Waals surface area contributed by atoms with E-state index in [9.17, 15) is 22.8 Å². The van der Waals surface area contributed by atoms with Gasteiger partial charge in [-0.3, -0.25) is 14.9 Å². The highest BCUT2D eigenvalue weighted by Crippen LogP contribution is 2.27. The van der Waals surface area contributed by atoms with Gasteiger partial charge in [-0.2, -0.15) is 0 Å². The van der Waals surface area contributed by atoms with E-state index < -0.39 is 18.2 Å². The molecule has 1 heterocycles. The molecule has 8 heteroatoms. The minimum Gasteiger partial charge on any atom is -0.488 e. The Bertz CT molecular complexity index is 800. The fourth-order valence-corrected chi connectivity index (χ4v) is 2.26. The van der Waals surface area contributed by atoms with Crippen LogP contribution in [0.3, 0.4) is 0 Å². The first-order valence-corrected chi connectivity index (χ1v) is 6.80. The highest BCUT2D eigenvalue weighted by Gasteiger charge is 2.31. The summed E-state index contributed by atoms with van der Waals surface area (Å²) in [6.45, 7) is 0.0181. The van der Waals surface area contributed by atoms with Crippen LogP contribution in [0.5, 0.6) is 11.5 Å². The van der Waals surface area contributed by atoms with Gasteiger partial charge >= 0.3 is 6.36 Å². The number of ether oxygens (including phenoxy) is 2. The number of rotatable bonds is 4. The highest BCUT2D eigenvalue weighted by atomic mass is 19.4. The van der Waals surface area contributed by atoms with Crippen molar-refractivity contribution >= 4 is 11.8 Å². The molecule has 3 rings (SSSR count). The van der Waals surface area contributed by atoms with Crippen LogP contribution in [0, 0.1) is 0 Å². The normalized spacial score (nSPS) is 13.5. The van der Waals surface area contributed by atoms with Crippen LogP contribution in [0.4, 0.5) is 13.2 Å². The summed E-state index contributed by atoms with van der Waals surface area (Å²) in [5.74, 6) is -1.14. The molecule has 0 unspecified atom stereocenters. The maximum Gasteiger partial charge on any atom is 0.573 e. The monoisotopic (exact) mass is 337 g/mol. The number of alkyl halides is 3. The molecule has 2 amide bonds. The minimum absolute atomic E-state index is 0.0181.